The summed E-state index contributed by atoms with van der Waals surface area (Å²) in [6.07, 6.45) is 0.566. The summed E-state index contributed by atoms with van der Waals surface area (Å²) in [7, 11) is 0. The van der Waals surface area contributed by atoms with Crippen LogP contribution in [0.5, 0.6) is 0 Å². The summed E-state index contributed by atoms with van der Waals surface area (Å²) in [6, 6.07) is 12.4. The molecular formula is C29H32Cl2N4O3. The van der Waals surface area contributed by atoms with E-state index in [1.54, 1.807) is 36.9 Å². The highest BCUT2D eigenvalue weighted by Crippen LogP contribution is 2.36. The third-order valence-corrected chi connectivity index (χ3v) is 8.52. The van der Waals surface area contributed by atoms with Gasteiger partial charge in [0.2, 0.25) is 0 Å². The van der Waals surface area contributed by atoms with Gasteiger partial charge in [0, 0.05) is 30.1 Å². The standard InChI is InChI=1S/C29H32Cl2N4O3/c1-16-12-25-22(15-33(16)27(36)20-8-11-23(30)24(31)13-20)26-28(37)34(14-17(2)35(26)32-25)18(3)19-6-9-21(10-7-19)29(4,5)38/h6-11,13,16-18,38H,12,14-15H2,1-5H3/t16-,17-,18+/m1/s1. The molecule has 0 spiro atoms. The lowest BCUT2D eigenvalue weighted by Crippen LogP contribution is -2.45. The molecule has 3 aromatic rings. The molecule has 0 radical (unpaired) electrons. The SMILES string of the molecule is C[C@@H]1Cc2nn3c(c2CN1C(=O)c1ccc(Cl)c(Cl)c1)C(=O)N([C@@H](C)c1ccc(C(C)(C)O)cc1)C[C@H]3C. The Kier molecular flexibility index (Phi) is 6.83. The molecule has 0 bridgehead atoms. The fourth-order valence-electron chi connectivity index (χ4n) is 5.44. The molecule has 1 aromatic heterocycles. The maximum atomic E-state index is 13.9. The molecule has 2 amide bonds. The summed E-state index contributed by atoms with van der Waals surface area (Å²) in [5.74, 6) is -0.248. The van der Waals surface area contributed by atoms with Crippen LogP contribution in [0.1, 0.15) is 89.9 Å². The molecule has 1 N–H and O–H groups in total. The Hall–Kier alpha value is -2.87. The van der Waals surface area contributed by atoms with E-state index in [0.717, 1.165) is 22.4 Å². The van der Waals surface area contributed by atoms with Crippen molar-refractivity contribution in [3.8, 4) is 0 Å². The van der Waals surface area contributed by atoms with E-state index < -0.39 is 5.60 Å². The van der Waals surface area contributed by atoms with Gasteiger partial charge >= 0.3 is 0 Å². The van der Waals surface area contributed by atoms with Crippen molar-refractivity contribution in [2.75, 3.05) is 6.54 Å². The van der Waals surface area contributed by atoms with Gasteiger partial charge in [-0.3, -0.25) is 14.3 Å². The second kappa shape index (κ2) is 9.70. The van der Waals surface area contributed by atoms with Crippen molar-refractivity contribution in [3.05, 3.63) is 86.2 Å². The Balaban J connectivity index is 1.45. The summed E-state index contributed by atoms with van der Waals surface area (Å²) in [6.45, 7) is 10.4. The zero-order chi connectivity index (χ0) is 27.5. The maximum Gasteiger partial charge on any atom is 0.273 e. The molecule has 5 rings (SSSR count). The van der Waals surface area contributed by atoms with E-state index in [0.29, 0.717) is 40.8 Å². The van der Waals surface area contributed by atoms with Gasteiger partial charge in [0.05, 0.1) is 40.0 Å². The van der Waals surface area contributed by atoms with Gasteiger partial charge in [-0.15, -0.1) is 0 Å². The molecule has 0 aliphatic carbocycles. The van der Waals surface area contributed by atoms with E-state index in [9.17, 15) is 14.7 Å². The van der Waals surface area contributed by atoms with E-state index in [-0.39, 0.29) is 29.9 Å². The number of carbonyl (C=O) groups is 2. The fourth-order valence-corrected chi connectivity index (χ4v) is 5.74. The lowest BCUT2D eigenvalue weighted by atomic mass is 9.94. The van der Waals surface area contributed by atoms with Crippen LogP contribution in [0.3, 0.4) is 0 Å². The van der Waals surface area contributed by atoms with Crippen molar-refractivity contribution in [2.24, 2.45) is 0 Å². The van der Waals surface area contributed by atoms with Crippen molar-refractivity contribution >= 4 is 35.0 Å². The summed E-state index contributed by atoms with van der Waals surface area (Å²) < 4.78 is 1.84. The zero-order valence-corrected chi connectivity index (χ0v) is 23.7. The minimum Gasteiger partial charge on any atom is -0.386 e. The maximum absolute atomic E-state index is 13.9. The first-order chi connectivity index (χ1) is 17.9. The molecule has 0 saturated heterocycles. The number of rotatable bonds is 4. The Morgan fingerprint density at radius 2 is 1.76 bits per heavy atom. The lowest BCUT2D eigenvalue weighted by Gasteiger charge is -2.37. The van der Waals surface area contributed by atoms with Gasteiger partial charge < -0.3 is 14.9 Å². The summed E-state index contributed by atoms with van der Waals surface area (Å²) in [4.78, 5) is 31.1. The van der Waals surface area contributed by atoms with Gasteiger partial charge in [0.1, 0.15) is 5.69 Å². The fraction of sp³-hybridized carbons (Fsp3) is 0.414. The molecule has 2 aliphatic heterocycles. The van der Waals surface area contributed by atoms with Gasteiger partial charge in [-0.2, -0.15) is 5.10 Å². The number of aromatic nitrogens is 2. The number of benzene rings is 2. The van der Waals surface area contributed by atoms with Crippen LogP contribution in [-0.2, 0) is 18.6 Å². The Bertz CT molecular complexity index is 1410. The van der Waals surface area contributed by atoms with Gasteiger partial charge in [0.25, 0.3) is 11.8 Å². The highest BCUT2D eigenvalue weighted by molar-refractivity contribution is 6.42. The number of fused-ring (bicyclic) bond motifs is 3. The minimum atomic E-state index is -0.930. The quantitative estimate of drug-likeness (QED) is 0.443. The van der Waals surface area contributed by atoms with Gasteiger partial charge in [-0.1, -0.05) is 47.5 Å². The van der Waals surface area contributed by atoms with Gasteiger partial charge in [-0.05, 0) is 63.9 Å². The third kappa shape index (κ3) is 4.61. The average Bonchev–Trinajstić information content (AvgIpc) is 3.25. The number of aliphatic hydroxyl groups is 1. The number of halogens is 2. The summed E-state index contributed by atoms with van der Waals surface area (Å²) >= 11 is 12.2. The van der Waals surface area contributed by atoms with Crippen LogP contribution in [0.2, 0.25) is 10.0 Å². The van der Waals surface area contributed by atoms with Crippen molar-refractivity contribution in [2.45, 2.75) is 71.3 Å². The molecular weight excluding hydrogens is 523 g/mol. The second-order valence-corrected chi connectivity index (χ2v) is 11.8. The molecule has 0 saturated carbocycles. The summed E-state index contributed by atoms with van der Waals surface area (Å²) in [5.41, 5.74) is 3.57. The number of hydrogen-bond acceptors (Lipinski definition) is 4. The van der Waals surface area contributed by atoms with E-state index in [4.69, 9.17) is 28.3 Å². The molecule has 200 valence electrons. The monoisotopic (exact) mass is 554 g/mol. The first-order valence-corrected chi connectivity index (χ1v) is 13.6. The molecule has 3 heterocycles. The van der Waals surface area contributed by atoms with Crippen molar-refractivity contribution in [1.29, 1.82) is 0 Å². The van der Waals surface area contributed by atoms with Crippen LogP contribution in [0.15, 0.2) is 42.5 Å². The minimum absolute atomic E-state index is 0.0130. The Morgan fingerprint density at radius 3 is 2.39 bits per heavy atom. The number of nitrogens with zero attached hydrogens (tertiary/aromatic N) is 4. The van der Waals surface area contributed by atoms with Crippen molar-refractivity contribution in [1.82, 2.24) is 19.6 Å². The number of hydrogen-bond donors (Lipinski definition) is 1. The lowest BCUT2D eigenvalue weighted by molar-refractivity contribution is 0.0573. The molecule has 38 heavy (non-hydrogen) atoms. The molecule has 2 aromatic carbocycles. The average molecular weight is 556 g/mol. The van der Waals surface area contributed by atoms with Crippen LogP contribution < -0.4 is 0 Å². The zero-order valence-electron chi connectivity index (χ0n) is 22.2. The Morgan fingerprint density at radius 1 is 1.08 bits per heavy atom. The molecule has 3 atom stereocenters. The molecule has 9 heteroatoms. The smallest absolute Gasteiger partial charge is 0.273 e. The largest absolute Gasteiger partial charge is 0.386 e. The molecule has 2 aliphatic rings. The van der Waals surface area contributed by atoms with Crippen molar-refractivity contribution < 1.29 is 14.7 Å². The van der Waals surface area contributed by atoms with Crippen LogP contribution in [0, 0.1) is 0 Å². The van der Waals surface area contributed by atoms with E-state index in [2.05, 4.69) is 6.92 Å². The highest BCUT2D eigenvalue weighted by atomic mass is 35.5. The van der Waals surface area contributed by atoms with Gasteiger partial charge in [0.15, 0.2) is 0 Å². The van der Waals surface area contributed by atoms with Crippen LogP contribution in [0.4, 0.5) is 0 Å². The topological polar surface area (TPSA) is 78.7 Å². The summed E-state index contributed by atoms with van der Waals surface area (Å²) in [5, 5.41) is 15.9. The Labute approximate surface area is 232 Å². The van der Waals surface area contributed by atoms with Gasteiger partial charge in [-0.25, -0.2) is 0 Å². The predicted octanol–water partition coefficient (Wildman–Crippen LogP) is 5.78. The second-order valence-electron chi connectivity index (χ2n) is 11.0. The third-order valence-electron chi connectivity index (χ3n) is 7.78. The number of amides is 2. The first kappa shape index (κ1) is 26.7. The van der Waals surface area contributed by atoms with Crippen LogP contribution >= 0.6 is 23.2 Å². The van der Waals surface area contributed by atoms with E-state index in [1.807, 2.05) is 47.7 Å². The molecule has 7 nitrogen and oxygen atoms in total. The first-order valence-electron chi connectivity index (χ1n) is 12.9. The molecule has 0 unspecified atom stereocenters. The van der Waals surface area contributed by atoms with E-state index in [1.165, 1.54) is 0 Å². The van der Waals surface area contributed by atoms with Crippen LogP contribution in [0.25, 0.3) is 0 Å². The normalized spacial score (nSPS) is 20.3. The number of carbonyl (C=O) groups excluding carboxylic acids is 2. The van der Waals surface area contributed by atoms with Crippen LogP contribution in [-0.4, -0.2) is 49.1 Å². The molecule has 0 fully saturated rings. The highest BCUT2D eigenvalue weighted by Gasteiger charge is 2.40. The van der Waals surface area contributed by atoms with Crippen molar-refractivity contribution in [3.63, 3.8) is 0 Å². The van der Waals surface area contributed by atoms with E-state index >= 15 is 0 Å². The predicted molar refractivity (Wildman–Crippen MR) is 148 cm³/mol.